The minimum atomic E-state index is -2.16. The van der Waals surface area contributed by atoms with E-state index in [4.69, 9.17) is 33.2 Å². The number of methoxy groups -OCH3 is 2. The molecular formula is C35H52O17. The van der Waals surface area contributed by atoms with Crippen LogP contribution in [0.5, 0.6) is 17.2 Å². The molecule has 1 aliphatic carbocycles. The number of aliphatic hydroxyl groups is 8. The van der Waals surface area contributed by atoms with Gasteiger partial charge in [-0.3, -0.25) is 0 Å². The summed E-state index contributed by atoms with van der Waals surface area (Å²) in [5.41, 5.74) is -6.19. The van der Waals surface area contributed by atoms with Crippen LogP contribution in [0.4, 0.5) is 0 Å². The lowest BCUT2D eigenvalue weighted by atomic mass is 9.57. The minimum absolute atomic E-state index is 0.0759. The maximum atomic E-state index is 12.5. The molecule has 17 heteroatoms. The fourth-order valence-corrected chi connectivity index (χ4v) is 6.88. The molecule has 17 nitrogen and oxygen atoms in total. The van der Waals surface area contributed by atoms with Gasteiger partial charge in [-0.15, -0.1) is 0 Å². The van der Waals surface area contributed by atoms with Gasteiger partial charge in [-0.1, -0.05) is 26.0 Å². The first-order valence-electron chi connectivity index (χ1n) is 16.8. The lowest BCUT2D eigenvalue weighted by molar-refractivity contribution is -0.339. The molecule has 1 saturated carbocycles. The maximum Gasteiger partial charge on any atom is 0.330 e. The van der Waals surface area contributed by atoms with Gasteiger partial charge in [0.25, 0.3) is 0 Å². The number of ether oxygens (including phenoxy) is 7. The number of hydrogen-bond acceptors (Lipinski definition) is 17. The molecule has 1 aromatic rings. The van der Waals surface area contributed by atoms with Crippen molar-refractivity contribution in [2.75, 3.05) is 34.0 Å². The van der Waals surface area contributed by atoms with Gasteiger partial charge in [0.15, 0.2) is 29.7 Å². The Hall–Kier alpha value is -2.91. The summed E-state index contributed by atoms with van der Waals surface area (Å²) in [5, 5.41) is 96.4. The summed E-state index contributed by atoms with van der Waals surface area (Å²) < 4.78 is 38.2. The Balaban J connectivity index is 1.43. The highest BCUT2D eigenvalue weighted by Crippen LogP contribution is 2.50. The number of rotatable bonds is 13. The van der Waals surface area contributed by atoms with Crippen LogP contribution in [0.3, 0.4) is 0 Å². The SMILES string of the molecule is COc1cc(/C=C/C(=O)OC[C@@]2(O)CO[C@@H](O[C@H]3[C@H](O[C@H](C)/C=C/[C@@]4(O)C(C)(C)C[C@H](O)C[C@@]4(C)O)O[C@H](CO)[C@@H](O)[C@@H]3O)[C@@H]2O)cc(OC)c1O. The van der Waals surface area contributed by atoms with E-state index >= 15 is 0 Å². The van der Waals surface area contributed by atoms with Crippen molar-refractivity contribution >= 4 is 12.0 Å². The molecule has 0 spiro atoms. The van der Waals surface area contributed by atoms with Gasteiger partial charge in [-0.25, -0.2) is 4.79 Å². The van der Waals surface area contributed by atoms with Gasteiger partial charge in [-0.05, 0) is 44.0 Å². The Morgan fingerprint density at radius 2 is 1.63 bits per heavy atom. The summed E-state index contributed by atoms with van der Waals surface area (Å²) in [6, 6.07) is 2.89. The smallest absolute Gasteiger partial charge is 0.330 e. The predicted molar refractivity (Wildman–Crippen MR) is 179 cm³/mol. The Labute approximate surface area is 301 Å². The van der Waals surface area contributed by atoms with E-state index in [1.54, 1.807) is 20.8 Å². The first-order valence-corrected chi connectivity index (χ1v) is 16.8. The summed E-state index contributed by atoms with van der Waals surface area (Å²) in [7, 11) is 2.69. The van der Waals surface area contributed by atoms with Crippen molar-refractivity contribution in [1.82, 2.24) is 0 Å². The van der Waals surface area contributed by atoms with E-state index in [-0.39, 0.29) is 30.1 Å². The third kappa shape index (κ3) is 8.56. The molecule has 0 bridgehead atoms. The maximum absolute atomic E-state index is 12.5. The third-order valence-electron chi connectivity index (χ3n) is 9.99. The van der Waals surface area contributed by atoms with Crippen molar-refractivity contribution in [3.63, 3.8) is 0 Å². The average molecular weight is 745 g/mol. The number of hydrogen-bond donors (Lipinski definition) is 9. The highest BCUT2D eigenvalue weighted by molar-refractivity contribution is 5.87. The Kier molecular flexibility index (Phi) is 13.0. The zero-order chi connectivity index (χ0) is 38.8. The van der Waals surface area contributed by atoms with Crippen molar-refractivity contribution in [3.8, 4) is 17.2 Å². The van der Waals surface area contributed by atoms with Crippen LogP contribution in [0.1, 0.15) is 46.1 Å². The highest BCUT2D eigenvalue weighted by Gasteiger charge is 2.59. The monoisotopic (exact) mass is 744 g/mol. The number of carbonyl (C=O) groups is 1. The number of benzene rings is 1. The van der Waals surface area contributed by atoms with Crippen LogP contribution in [0.2, 0.25) is 0 Å². The fraction of sp³-hybridized carbons (Fsp3) is 0.686. The molecule has 2 saturated heterocycles. The van der Waals surface area contributed by atoms with Crippen molar-refractivity contribution < 1.29 is 83.9 Å². The van der Waals surface area contributed by atoms with E-state index in [1.807, 2.05) is 0 Å². The third-order valence-corrected chi connectivity index (χ3v) is 9.99. The lowest BCUT2D eigenvalue weighted by Gasteiger charge is -2.55. The Morgan fingerprint density at radius 1 is 1.00 bits per heavy atom. The fourth-order valence-electron chi connectivity index (χ4n) is 6.88. The van der Waals surface area contributed by atoms with Gasteiger partial charge in [-0.2, -0.15) is 0 Å². The number of aliphatic hydroxyl groups excluding tert-OH is 5. The zero-order valence-electron chi connectivity index (χ0n) is 30.0. The normalized spacial score (nSPS) is 38.4. The summed E-state index contributed by atoms with van der Waals surface area (Å²) in [6.45, 7) is 4.38. The molecule has 0 unspecified atom stereocenters. The Morgan fingerprint density at radius 3 is 2.21 bits per heavy atom. The standard InChI is InChI=1S/C35H52O17/c1-18(9-10-35(45)32(2,3)13-20(37)14-33(35,4)43)50-30-28(27(41)26(40)23(15-36)51-30)52-31-29(42)34(44,17-49-31)16-48-24(38)8-7-19-11-21(46-5)25(39)22(12-19)47-6/h7-12,18,20,23,26-31,36-37,39-45H,13-17H2,1-6H3/b8-7+,10-9+/t18-,20+,23-,26-,27+,28-,29+,30-,31+,33-,34-,35-/m1/s1. The van der Waals surface area contributed by atoms with Gasteiger partial charge >= 0.3 is 5.97 Å². The number of phenolic OH excluding ortho intramolecular Hbond substituents is 1. The quantitative estimate of drug-likeness (QED) is 0.0657. The molecule has 52 heavy (non-hydrogen) atoms. The second kappa shape index (κ2) is 16.2. The zero-order valence-corrected chi connectivity index (χ0v) is 30.0. The van der Waals surface area contributed by atoms with E-state index < -0.39 is 103 Å². The van der Waals surface area contributed by atoms with E-state index in [0.29, 0.717) is 5.56 Å². The minimum Gasteiger partial charge on any atom is -0.502 e. The predicted octanol–water partition coefficient (Wildman–Crippen LogP) is -1.14. The van der Waals surface area contributed by atoms with E-state index in [9.17, 15) is 50.8 Å². The first kappa shape index (κ1) is 41.8. The second-order valence-corrected chi connectivity index (χ2v) is 14.4. The van der Waals surface area contributed by atoms with E-state index in [0.717, 1.165) is 6.08 Å². The molecule has 294 valence electrons. The second-order valence-electron chi connectivity index (χ2n) is 14.4. The van der Waals surface area contributed by atoms with Crippen molar-refractivity contribution in [2.24, 2.45) is 5.41 Å². The number of carbonyl (C=O) groups excluding carboxylic acids is 1. The van der Waals surface area contributed by atoms with Crippen LogP contribution in [-0.4, -0.2) is 158 Å². The van der Waals surface area contributed by atoms with Crippen molar-refractivity contribution in [2.45, 2.75) is 113 Å². The number of phenols is 1. The highest BCUT2D eigenvalue weighted by atomic mass is 16.8. The Bertz CT molecular complexity index is 1400. The van der Waals surface area contributed by atoms with Gasteiger partial charge in [0.2, 0.25) is 5.75 Å². The molecule has 12 atom stereocenters. The van der Waals surface area contributed by atoms with Gasteiger partial charge < -0.3 is 79.1 Å². The molecule has 2 aliphatic heterocycles. The molecule has 4 rings (SSSR count). The van der Waals surface area contributed by atoms with Crippen molar-refractivity contribution in [1.29, 1.82) is 0 Å². The molecule has 3 fully saturated rings. The summed E-state index contributed by atoms with van der Waals surface area (Å²) >= 11 is 0. The van der Waals surface area contributed by atoms with Crippen molar-refractivity contribution in [3.05, 3.63) is 35.9 Å². The lowest BCUT2D eigenvalue weighted by Crippen LogP contribution is -2.65. The van der Waals surface area contributed by atoms with Crippen LogP contribution >= 0.6 is 0 Å². The molecule has 0 radical (unpaired) electrons. The average Bonchev–Trinajstić information content (AvgIpc) is 3.36. The summed E-state index contributed by atoms with van der Waals surface area (Å²) in [6.07, 6.45) is -7.66. The molecular weight excluding hydrogens is 692 g/mol. The first-order chi connectivity index (χ1) is 24.2. The van der Waals surface area contributed by atoms with Crippen LogP contribution in [0, 0.1) is 5.41 Å². The molecule has 9 N–H and O–H groups in total. The van der Waals surface area contributed by atoms with E-state index in [2.05, 4.69) is 0 Å². The van der Waals surface area contributed by atoms with Gasteiger partial charge in [0.1, 0.15) is 42.7 Å². The molecule has 0 aromatic heterocycles. The summed E-state index contributed by atoms with van der Waals surface area (Å²) in [5.74, 6) is -0.930. The van der Waals surface area contributed by atoms with Crippen LogP contribution in [0.15, 0.2) is 30.4 Å². The topological polar surface area (TPSA) is 264 Å². The van der Waals surface area contributed by atoms with Crippen LogP contribution < -0.4 is 9.47 Å². The van der Waals surface area contributed by atoms with E-state index in [1.165, 1.54) is 51.5 Å². The largest absolute Gasteiger partial charge is 0.502 e. The molecule has 2 heterocycles. The van der Waals surface area contributed by atoms with Crippen LogP contribution in [0.25, 0.3) is 6.08 Å². The van der Waals surface area contributed by atoms with Gasteiger partial charge in [0, 0.05) is 17.9 Å². The summed E-state index contributed by atoms with van der Waals surface area (Å²) in [4.78, 5) is 12.5. The molecule has 0 amide bonds. The molecule has 3 aliphatic rings. The number of aromatic hydroxyl groups is 1. The number of esters is 1. The van der Waals surface area contributed by atoms with Crippen LogP contribution in [-0.2, 0) is 28.5 Å². The molecule has 1 aromatic carbocycles. The van der Waals surface area contributed by atoms with Gasteiger partial charge in [0.05, 0.1) is 45.2 Å².